The molecule has 1 aliphatic rings. The van der Waals surface area contributed by atoms with Crippen LogP contribution in [0, 0.1) is 6.92 Å². The number of benzene rings is 1. The van der Waals surface area contributed by atoms with Gasteiger partial charge in [-0.2, -0.15) is 0 Å². The van der Waals surface area contributed by atoms with E-state index in [-0.39, 0.29) is 24.2 Å². The molecule has 0 spiro atoms. The van der Waals surface area contributed by atoms with Crippen LogP contribution in [0.2, 0.25) is 0 Å². The highest BCUT2D eigenvalue weighted by molar-refractivity contribution is 7.17. The number of oxazole rings is 1. The number of carbonyl (C=O) groups excluding carboxylic acids is 1. The smallest absolute Gasteiger partial charge is 0.270 e. The van der Waals surface area contributed by atoms with Gasteiger partial charge in [-0.3, -0.25) is 4.79 Å². The van der Waals surface area contributed by atoms with Gasteiger partial charge >= 0.3 is 0 Å². The Morgan fingerprint density at radius 2 is 1.88 bits per heavy atom. The van der Waals surface area contributed by atoms with Gasteiger partial charge in [0.05, 0.1) is 22.4 Å². The molecule has 1 aromatic carbocycles. The summed E-state index contributed by atoms with van der Waals surface area (Å²) < 4.78 is 12.2. The molecular weight excluding hydrogens is 434 g/mol. The lowest BCUT2D eigenvalue weighted by Crippen LogP contribution is -2.44. The molecular formula is C26H27N3O3S. The molecule has 33 heavy (non-hydrogen) atoms. The van der Waals surface area contributed by atoms with Crippen molar-refractivity contribution in [3.63, 3.8) is 0 Å². The molecule has 4 aromatic rings. The first-order chi connectivity index (χ1) is 15.9. The topological polar surface area (TPSA) is 77.2 Å². The molecule has 1 N–H and O–H groups in total. The highest BCUT2D eigenvalue weighted by atomic mass is 32.1. The van der Waals surface area contributed by atoms with E-state index in [0.29, 0.717) is 11.6 Å². The summed E-state index contributed by atoms with van der Waals surface area (Å²) in [6, 6.07) is 12.3. The number of pyridine rings is 1. The summed E-state index contributed by atoms with van der Waals surface area (Å²) >= 11 is 1.66. The maximum atomic E-state index is 13.1. The van der Waals surface area contributed by atoms with Gasteiger partial charge in [-0.25, -0.2) is 9.97 Å². The Kier molecular flexibility index (Phi) is 6.00. The first-order valence-electron chi connectivity index (χ1n) is 11.3. The summed E-state index contributed by atoms with van der Waals surface area (Å²) in [4.78, 5) is 22.1. The van der Waals surface area contributed by atoms with Crippen molar-refractivity contribution in [1.82, 2.24) is 15.3 Å². The summed E-state index contributed by atoms with van der Waals surface area (Å²) in [5, 5.41) is 5.21. The maximum Gasteiger partial charge on any atom is 0.270 e. The van der Waals surface area contributed by atoms with Gasteiger partial charge < -0.3 is 14.5 Å². The standard InChI is InChI=1S/C26H27N3O3S/c1-15-10-21(11-16(2)32-15)28-26(30)23-13-20(25-22(29-23)8-9-33-25)12-18-4-6-19(7-5-18)24-14-31-17(3)27-24/h4-9,13-16,21H,10-12H2,1-3H3,(H,28,30). The zero-order valence-electron chi connectivity index (χ0n) is 19.0. The van der Waals surface area contributed by atoms with Crippen molar-refractivity contribution < 1.29 is 13.9 Å². The maximum absolute atomic E-state index is 13.1. The van der Waals surface area contributed by atoms with Crippen molar-refractivity contribution in [2.75, 3.05) is 0 Å². The van der Waals surface area contributed by atoms with Crippen LogP contribution in [0.15, 0.2) is 52.5 Å². The zero-order valence-corrected chi connectivity index (χ0v) is 19.8. The molecule has 5 rings (SSSR count). The van der Waals surface area contributed by atoms with E-state index in [9.17, 15) is 4.79 Å². The minimum atomic E-state index is -0.118. The third-order valence-electron chi connectivity index (χ3n) is 6.02. The predicted molar refractivity (Wildman–Crippen MR) is 130 cm³/mol. The van der Waals surface area contributed by atoms with Crippen molar-refractivity contribution in [2.24, 2.45) is 0 Å². The third kappa shape index (κ3) is 4.84. The van der Waals surface area contributed by atoms with Crippen molar-refractivity contribution >= 4 is 27.5 Å². The number of nitrogens with one attached hydrogen (secondary N) is 1. The second-order valence-corrected chi connectivity index (χ2v) is 9.74. The van der Waals surface area contributed by atoms with E-state index in [1.807, 2.05) is 24.4 Å². The summed E-state index contributed by atoms with van der Waals surface area (Å²) in [7, 11) is 0. The first-order valence-corrected chi connectivity index (χ1v) is 12.2. The second kappa shape index (κ2) is 9.08. The largest absolute Gasteiger partial charge is 0.449 e. The molecule has 0 radical (unpaired) electrons. The summed E-state index contributed by atoms with van der Waals surface area (Å²) in [5.74, 6) is 0.536. The number of carbonyl (C=O) groups is 1. The number of aryl methyl sites for hydroxylation is 1. The predicted octanol–water partition coefficient (Wildman–Crippen LogP) is 5.54. The van der Waals surface area contributed by atoms with E-state index in [4.69, 9.17) is 9.15 Å². The van der Waals surface area contributed by atoms with Gasteiger partial charge in [0, 0.05) is 18.5 Å². The molecule has 2 atom stereocenters. The fourth-order valence-electron chi connectivity index (χ4n) is 4.56. The summed E-state index contributed by atoms with van der Waals surface area (Å²) in [6.07, 6.45) is 4.33. The van der Waals surface area contributed by atoms with Gasteiger partial charge in [-0.05, 0) is 61.7 Å². The van der Waals surface area contributed by atoms with Crippen LogP contribution < -0.4 is 5.32 Å². The molecule has 3 aromatic heterocycles. The van der Waals surface area contributed by atoms with Crippen LogP contribution in [0.1, 0.15) is 54.2 Å². The average molecular weight is 462 g/mol. The minimum absolute atomic E-state index is 0.104. The van der Waals surface area contributed by atoms with Crippen LogP contribution in [0.5, 0.6) is 0 Å². The van der Waals surface area contributed by atoms with Crippen LogP contribution in [-0.4, -0.2) is 34.1 Å². The molecule has 1 aliphatic heterocycles. The molecule has 1 amide bonds. The summed E-state index contributed by atoms with van der Waals surface area (Å²) in [6.45, 7) is 5.94. The van der Waals surface area contributed by atoms with Crippen LogP contribution >= 0.6 is 11.3 Å². The van der Waals surface area contributed by atoms with E-state index in [0.717, 1.165) is 46.3 Å². The molecule has 4 heterocycles. The number of hydrogen-bond donors (Lipinski definition) is 1. The molecule has 7 heteroatoms. The number of thiophene rings is 1. The van der Waals surface area contributed by atoms with Gasteiger partial charge in [-0.1, -0.05) is 24.3 Å². The number of nitrogens with zero attached hydrogens (tertiary/aromatic N) is 2. The van der Waals surface area contributed by atoms with Crippen LogP contribution in [0.3, 0.4) is 0 Å². The fraction of sp³-hybridized carbons (Fsp3) is 0.346. The number of aromatic nitrogens is 2. The molecule has 1 saturated heterocycles. The van der Waals surface area contributed by atoms with Crippen LogP contribution in [-0.2, 0) is 11.2 Å². The average Bonchev–Trinajstić information content (AvgIpc) is 3.42. The number of rotatable bonds is 5. The Morgan fingerprint density at radius 1 is 1.12 bits per heavy atom. The normalized spacial score (nSPS) is 20.8. The lowest BCUT2D eigenvalue weighted by atomic mass is 9.99. The van der Waals surface area contributed by atoms with Crippen LogP contribution in [0.4, 0.5) is 0 Å². The Hall–Kier alpha value is -3.03. The molecule has 0 aliphatic carbocycles. The SMILES string of the molecule is Cc1nc(-c2ccc(Cc3cc(C(=O)NC4CC(C)OC(C)C4)nc4ccsc34)cc2)co1. The van der Waals surface area contributed by atoms with Crippen molar-refractivity contribution in [1.29, 1.82) is 0 Å². The van der Waals surface area contributed by atoms with E-state index in [1.54, 1.807) is 17.6 Å². The first kappa shape index (κ1) is 21.8. The molecule has 0 saturated carbocycles. The molecule has 6 nitrogen and oxygen atoms in total. The quantitative estimate of drug-likeness (QED) is 0.422. The second-order valence-electron chi connectivity index (χ2n) is 8.83. The highest BCUT2D eigenvalue weighted by Gasteiger charge is 2.26. The number of fused-ring (bicyclic) bond motifs is 1. The van der Waals surface area contributed by atoms with Crippen LogP contribution in [0.25, 0.3) is 21.5 Å². The van der Waals surface area contributed by atoms with E-state index < -0.39 is 0 Å². The van der Waals surface area contributed by atoms with Gasteiger partial charge in [0.15, 0.2) is 5.89 Å². The Balaban J connectivity index is 1.37. The highest BCUT2D eigenvalue weighted by Crippen LogP contribution is 2.28. The number of hydrogen-bond acceptors (Lipinski definition) is 6. The Labute approximate surface area is 197 Å². The molecule has 2 unspecified atom stereocenters. The lowest BCUT2D eigenvalue weighted by Gasteiger charge is -2.32. The fourth-order valence-corrected chi connectivity index (χ4v) is 5.41. The third-order valence-corrected chi connectivity index (χ3v) is 7.00. The zero-order chi connectivity index (χ0) is 22.9. The Morgan fingerprint density at radius 3 is 2.58 bits per heavy atom. The van der Waals surface area contributed by atoms with Crippen molar-refractivity contribution in [2.45, 2.75) is 58.3 Å². The van der Waals surface area contributed by atoms with Gasteiger partial charge in [0.1, 0.15) is 17.7 Å². The van der Waals surface area contributed by atoms with Crippen molar-refractivity contribution in [3.05, 3.63) is 70.8 Å². The van der Waals surface area contributed by atoms with Gasteiger partial charge in [-0.15, -0.1) is 11.3 Å². The van der Waals surface area contributed by atoms with Gasteiger partial charge in [0.2, 0.25) is 0 Å². The van der Waals surface area contributed by atoms with E-state index >= 15 is 0 Å². The number of ether oxygens (including phenoxy) is 1. The summed E-state index contributed by atoms with van der Waals surface area (Å²) in [5.41, 5.74) is 5.46. The van der Waals surface area contributed by atoms with E-state index in [2.05, 4.69) is 53.4 Å². The van der Waals surface area contributed by atoms with Crippen molar-refractivity contribution in [3.8, 4) is 11.3 Å². The minimum Gasteiger partial charge on any atom is -0.449 e. The molecule has 170 valence electrons. The molecule has 1 fully saturated rings. The Bertz CT molecular complexity index is 1270. The van der Waals surface area contributed by atoms with E-state index in [1.165, 1.54) is 5.56 Å². The lowest BCUT2D eigenvalue weighted by molar-refractivity contribution is -0.0408. The van der Waals surface area contributed by atoms with Gasteiger partial charge in [0.25, 0.3) is 5.91 Å². The molecule has 0 bridgehead atoms. The monoisotopic (exact) mass is 461 g/mol. The number of amides is 1.